The fraction of sp³-hybridized carbons (Fsp3) is 0.322. The summed E-state index contributed by atoms with van der Waals surface area (Å²) in [5.74, 6) is 0. The van der Waals surface area contributed by atoms with Crippen LogP contribution in [0.25, 0.3) is 63.9 Å². The van der Waals surface area contributed by atoms with E-state index in [1.807, 2.05) is 123 Å². The van der Waals surface area contributed by atoms with Crippen LogP contribution in [0.4, 0.5) is 0 Å². The van der Waals surface area contributed by atoms with Gasteiger partial charge in [0.2, 0.25) is 0 Å². The van der Waals surface area contributed by atoms with Crippen LogP contribution in [0.5, 0.6) is 0 Å². The second-order valence-corrected chi connectivity index (χ2v) is 15.5. The number of aromatic amines is 1. The van der Waals surface area contributed by atoms with E-state index < -0.39 is 0 Å². The Kier molecular flexibility index (Phi) is 27.1. The molecule has 1 aliphatic rings. The SMILES string of the molecule is CC.CC.CC.CC.CC.CN1CCNCC1.Cc1ccc2[nH]ccc2c1.Cc1cccc2c1oc1ccccc12.Cc1cccc2c1sc1ccccc12.Cn1cnc2ccccc2c1=O. The van der Waals surface area contributed by atoms with Crippen molar-refractivity contribution in [2.75, 3.05) is 33.2 Å². The molecule has 1 fully saturated rings. The van der Waals surface area contributed by atoms with Crippen LogP contribution in [-0.2, 0) is 7.05 Å². The fourth-order valence-corrected chi connectivity index (χ4v) is 8.06. The number of thiophene rings is 1. The second-order valence-electron chi connectivity index (χ2n) is 14.4. The molecule has 67 heavy (non-hydrogen) atoms. The Hall–Kier alpha value is -6.06. The lowest BCUT2D eigenvalue weighted by atomic mass is 10.1. The first-order valence-electron chi connectivity index (χ1n) is 24.3. The molecule has 10 aromatic rings. The number of para-hydroxylation sites is 3. The number of fused-ring (bicyclic) bond motifs is 8. The van der Waals surface area contributed by atoms with E-state index in [0.29, 0.717) is 5.39 Å². The van der Waals surface area contributed by atoms with Gasteiger partial charge in [-0.1, -0.05) is 166 Å². The number of nitrogens with one attached hydrogen (secondary N) is 2. The Balaban J connectivity index is 0.000000278. The Labute approximate surface area is 405 Å². The van der Waals surface area contributed by atoms with Crippen molar-refractivity contribution in [3.05, 3.63) is 173 Å². The maximum atomic E-state index is 11.5. The molecule has 0 bridgehead atoms. The molecule has 1 aliphatic heterocycles. The molecule has 5 heterocycles. The zero-order valence-electron chi connectivity index (χ0n) is 43.3. The number of rotatable bonds is 0. The van der Waals surface area contributed by atoms with Crippen molar-refractivity contribution in [1.82, 2.24) is 24.8 Å². The molecule has 6 aromatic carbocycles. The van der Waals surface area contributed by atoms with E-state index >= 15 is 0 Å². The summed E-state index contributed by atoms with van der Waals surface area (Å²) < 4.78 is 10.1. The number of likely N-dealkylation sites (N-methyl/N-ethyl adjacent to an activating group) is 1. The van der Waals surface area contributed by atoms with Gasteiger partial charge in [0.15, 0.2) is 0 Å². The summed E-state index contributed by atoms with van der Waals surface area (Å²) in [5, 5.41) is 10.4. The molecule has 7 nitrogen and oxygen atoms in total. The zero-order chi connectivity index (χ0) is 49.7. The molecule has 2 N–H and O–H groups in total. The van der Waals surface area contributed by atoms with Gasteiger partial charge >= 0.3 is 0 Å². The number of nitrogens with zero attached hydrogens (tertiary/aromatic N) is 3. The fourth-order valence-electron chi connectivity index (χ4n) is 6.88. The van der Waals surface area contributed by atoms with Crippen molar-refractivity contribution in [2.45, 2.75) is 90.0 Å². The minimum absolute atomic E-state index is 0.000556. The van der Waals surface area contributed by atoms with E-state index in [4.69, 9.17) is 4.42 Å². The molecule has 0 aliphatic carbocycles. The highest BCUT2D eigenvalue weighted by Gasteiger charge is 2.07. The van der Waals surface area contributed by atoms with Crippen LogP contribution in [0.15, 0.2) is 155 Å². The van der Waals surface area contributed by atoms with E-state index in [2.05, 4.69) is 139 Å². The first kappa shape index (κ1) is 57.1. The Morgan fingerprint density at radius 3 is 1.81 bits per heavy atom. The monoisotopic (exact) mass is 922 g/mol. The van der Waals surface area contributed by atoms with Crippen LogP contribution < -0.4 is 10.9 Å². The largest absolute Gasteiger partial charge is 0.456 e. The average molecular weight is 922 g/mol. The van der Waals surface area contributed by atoms with Gasteiger partial charge in [-0.2, -0.15) is 0 Å². The summed E-state index contributed by atoms with van der Waals surface area (Å²) in [6, 6.07) is 45.3. The van der Waals surface area contributed by atoms with Gasteiger partial charge in [-0.05, 0) is 86.8 Å². The maximum Gasteiger partial charge on any atom is 0.260 e. The van der Waals surface area contributed by atoms with Gasteiger partial charge in [0.1, 0.15) is 11.2 Å². The number of H-pyrrole nitrogens is 1. The maximum absolute atomic E-state index is 11.5. The first-order chi connectivity index (χ1) is 32.8. The molecule has 11 rings (SSSR count). The third-order valence-corrected chi connectivity index (χ3v) is 11.4. The molecule has 0 unspecified atom stereocenters. The normalized spacial score (nSPS) is 11.2. The van der Waals surface area contributed by atoms with Crippen molar-refractivity contribution in [2.24, 2.45) is 7.05 Å². The van der Waals surface area contributed by atoms with E-state index in [9.17, 15) is 4.79 Å². The topological polar surface area (TPSA) is 79.1 Å². The number of piperazine rings is 1. The highest BCUT2D eigenvalue weighted by Crippen LogP contribution is 2.35. The Bertz CT molecular complexity index is 2840. The van der Waals surface area contributed by atoms with Gasteiger partial charge in [0.05, 0.1) is 17.2 Å². The lowest BCUT2D eigenvalue weighted by molar-refractivity contribution is 0.291. The van der Waals surface area contributed by atoms with Crippen LogP contribution in [0.3, 0.4) is 0 Å². The lowest BCUT2D eigenvalue weighted by Gasteiger charge is -2.21. The third kappa shape index (κ3) is 16.3. The second kappa shape index (κ2) is 31.8. The minimum atomic E-state index is 0.000556. The summed E-state index contributed by atoms with van der Waals surface area (Å²) in [6.45, 7) is 31.1. The van der Waals surface area contributed by atoms with E-state index in [1.165, 1.54) is 82.5 Å². The van der Waals surface area contributed by atoms with Crippen LogP contribution in [-0.4, -0.2) is 52.7 Å². The molecule has 1 saturated heterocycles. The van der Waals surface area contributed by atoms with Gasteiger partial charge in [-0.3, -0.25) is 4.79 Å². The molecule has 8 heteroatoms. The van der Waals surface area contributed by atoms with Gasteiger partial charge in [-0.25, -0.2) is 4.98 Å². The van der Waals surface area contributed by atoms with Crippen molar-refractivity contribution >= 4 is 75.3 Å². The van der Waals surface area contributed by atoms with Crippen LogP contribution >= 0.6 is 11.3 Å². The van der Waals surface area contributed by atoms with Crippen molar-refractivity contribution < 1.29 is 4.42 Å². The summed E-state index contributed by atoms with van der Waals surface area (Å²) in [5.41, 5.74) is 7.83. The summed E-state index contributed by atoms with van der Waals surface area (Å²) in [6.07, 6.45) is 3.49. The predicted molar refractivity (Wildman–Crippen MR) is 300 cm³/mol. The Morgan fingerprint density at radius 2 is 1.15 bits per heavy atom. The number of hydrogen-bond acceptors (Lipinski definition) is 6. The highest BCUT2D eigenvalue weighted by atomic mass is 32.1. The smallest absolute Gasteiger partial charge is 0.260 e. The summed E-state index contributed by atoms with van der Waals surface area (Å²) >= 11 is 1.89. The molecule has 0 radical (unpaired) electrons. The quantitative estimate of drug-likeness (QED) is 0.158. The van der Waals surface area contributed by atoms with Crippen molar-refractivity contribution in [1.29, 1.82) is 0 Å². The number of benzene rings is 6. The minimum Gasteiger partial charge on any atom is -0.456 e. The van der Waals surface area contributed by atoms with Gasteiger partial charge in [0, 0.05) is 75.9 Å². The van der Waals surface area contributed by atoms with Gasteiger partial charge in [-0.15, -0.1) is 11.3 Å². The first-order valence-corrected chi connectivity index (χ1v) is 25.2. The van der Waals surface area contributed by atoms with Crippen LogP contribution in [0, 0.1) is 20.8 Å². The van der Waals surface area contributed by atoms with E-state index in [0.717, 1.165) is 29.8 Å². The van der Waals surface area contributed by atoms with Crippen LogP contribution in [0.1, 0.15) is 85.9 Å². The third-order valence-electron chi connectivity index (χ3n) is 10.1. The van der Waals surface area contributed by atoms with E-state index in [1.54, 1.807) is 13.1 Å². The zero-order valence-corrected chi connectivity index (χ0v) is 44.1. The highest BCUT2D eigenvalue weighted by molar-refractivity contribution is 7.26. The number of aryl methyl sites for hydroxylation is 4. The van der Waals surface area contributed by atoms with Crippen molar-refractivity contribution in [3.63, 3.8) is 0 Å². The van der Waals surface area contributed by atoms with Gasteiger partial charge < -0.3 is 24.2 Å². The molecule has 0 amide bonds. The molecule has 0 saturated carbocycles. The molecular formula is C59H79N5O2S. The molecule has 0 spiro atoms. The van der Waals surface area contributed by atoms with E-state index in [-0.39, 0.29) is 5.56 Å². The summed E-state index contributed by atoms with van der Waals surface area (Å²) in [7, 11) is 3.85. The lowest BCUT2D eigenvalue weighted by Crippen LogP contribution is -2.40. The molecule has 4 aromatic heterocycles. The Morgan fingerprint density at radius 1 is 0.582 bits per heavy atom. The predicted octanol–water partition coefficient (Wildman–Crippen LogP) is 16.3. The molecule has 0 atom stereocenters. The standard InChI is InChI=1S/C13H10O.C13H10S.C9H8N2O.C9H9N.C5H12N2.5C2H6/c2*1-9-5-4-7-11-10-6-2-3-8-12(10)14-13(9)11;1-11-6-10-8-5-3-2-4-7(8)9(11)12;1-7-2-3-9-8(6-7)4-5-10-9;1-7-4-2-6-3-5-7;5*1-2/h2*2-8H,1H3;2-6H,1H3;2-6,10H,1H3;6H,2-5H2,1H3;5*1-2H3. The molecular weight excluding hydrogens is 843 g/mol. The molecule has 358 valence electrons. The average Bonchev–Trinajstić information content (AvgIpc) is 4.14. The number of furan rings is 1. The van der Waals surface area contributed by atoms with Gasteiger partial charge in [0.25, 0.3) is 5.56 Å². The number of aromatic nitrogens is 3. The summed E-state index contributed by atoms with van der Waals surface area (Å²) in [4.78, 5) is 21.0. The van der Waals surface area contributed by atoms with Crippen LogP contribution in [0.2, 0.25) is 0 Å². The number of hydrogen-bond donors (Lipinski definition) is 2. The van der Waals surface area contributed by atoms with Crippen molar-refractivity contribution in [3.8, 4) is 0 Å².